The maximum atomic E-state index is 8.36. The van der Waals surface area contributed by atoms with Crippen LogP contribution in [0, 0.1) is 0 Å². The molecule has 0 aliphatic carbocycles. The normalized spacial score (nSPS) is 10.9. The molecule has 1 aliphatic rings. The Hall–Kier alpha value is -1.51. The number of hydrogen-bond donors (Lipinski definition) is 1. The summed E-state index contributed by atoms with van der Waals surface area (Å²) in [5.74, 6) is 1.05. The fourth-order valence-corrected chi connectivity index (χ4v) is 0.839. The smallest absolute Gasteiger partial charge is 0.290 e. The molecule has 0 fully saturated rings. The van der Waals surface area contributed by atoms with E-state index in [-0.39, 0.29) is 6.47 Å². The Labute approximate surface area is 64.2 Å². The van der Waals surface area contributed by atoms with Crippen molar-refractivity contribution < 1.29 is 14.6 Å². The van der Waals surface area contributed by atoms with Crippen molar-refractivity contribution >= 4 is 6.47 Å². The van der Waals surface area contributed by atoms with Crippen LogP contribution in [0.2, 0.25) is 0 Å². The van der Waals surface area contributed by atoms with Crippen molar-refractivity contribution in [1.29, 1.82) is 0 Å². The molecule has 1 N–H and O–H groups in total. The molecular formula is C8H8O3. The Balaban J connectivity index is 0.000000179. The molecule has 11 heavy (non-hydrogen) atoms. The van der Waals surface area contributed by atoms with E-state index >= 15 is 0 Å². The Morgan fingerprint density at radius 2 is 2.09 bits per heavy atom. The number of fused-ring (bicyclic) bond motifs is 1. The minimum absolute atomic E-state index is 0.250. The number of rotatable bonds is 0. The van der Waals surface area contributed by atoms with Gasteiger partial charge < -0.3 is 9.84 Å². The summed E-state index contributed by atoms with van der Waals surface area (Å²) in [5.41, 5.74) is 1.33. The quantitative estimate of drug-likeness (QED) is 0.569. The van der Waals surface area contributed by atoms with Gasteiger partial charge in [0.2, 0.25) is 0 Å². The SMILES string of the molecule is O=CO.c1ccc2c(c1)CO2. The van der Waals surface area contributed by atoms with Crippen molar-refractivity contribution in [1.82, 2.24) is 0 Å². The van der Waals surface area contributed by atoms with Gasteiger partial charge in [0.25, 0.3) is 6.47 Å². The van der Waals surface area contributed by atoms with Gasteiger partial charge >= 0.3 is 0 Å². The molecule has 0 amide bonds. The number of benzene rings is 1. The predicted octanol–water partition coefficient (Wildman–Crippen LogP) is 1.28. The van der Waals surface area contributed by atoms with E-state index in [2.05, 4.69) is 6.07 Å². The summed E-state index contributed by atoms with van der Waals surface area (Å²) in [5, 5.41) is 6.89. The summed E-state index contributed by atoms with van der Waals surface area (Å²) in [6.45, 7) is 0.552. The van der Waals surface area contributed by atoms with E-state index in [1.54, 1.807) is 0 Å². The van der Waals surface area contributed by atoms with Gasteiger partial charge in [-0.05, 0) is 6.07 Å². The van der Waals surface area contributed by atoms with E-state index < -0.39 is 0 Å². The third-order valence-electron chi connectivity index (χ3n) is 1.36. The van der Waals surface area contributed by atoms with E-state index in [4.69, 9.17) is 14.6 Å². The van der Waals surface area contributed by atoms with Gasteiger partial charge in [0, 0.05) is 5.56 Å². The molecule has 1 aromatic rings. The molecule has 0 saturated carbocycles. The molecule has 1 aliphatic heterocycles. The molecule has 58 valence electrons. The molecule has 2 rings (SSSR count). The number of carbonyl (C=O) groups is 1. The second-order valence-electron chi connectivity index (χ2n) is 2.00. The van der Waals surface area contributed by atoms with Crippen LogP contribution in [0.5, 0.6) is 5.75 Å². The predicted molar refractivity (Wildman–Crippen MR) is 39.5 cm³/mol. The highest BCUT2D eigenvalue weighted by Gasteiger charge is 2.10. The highest BCUT2D eigenvalue weighted by Crippen LogP contribution is 2.27. The number of ether oxygens (including phenoxy) is 1. The minimum atomic E-state index is -0.250. The molecule has 1 aromatic carbocycles. The first-order valence-corrected chi connectivity index (χ1v) is 3.17. The molecule has 3 nitrogen and oxygen atoms in total. The van der Waals surface area contributed by atoms with Crippen molar-refractivity contribution in [2.75, 3.05) is 0 Å². The van der Waals surface area contributed by atoms with Crippen LogP contribution in [0.4, 0.5) is 0 Å². The van der Waals surface area contributed by atoms with Crippen LogP contribution in [0.1, 0.15) is 5.56 Å². The lowest BCUT2D eigenvalue weighted by atomic mass is 10.1. The highest BCUT2D eigenvalue weighted by molar-refractivity contribution is 5.37. The molecular weight excluding hydrogens is 144 g/mol. The van der Waals surface area contributed by atoms with Gasteiger partial charge in [-0.2, -0.15) is 0 Å². The van der Waals surface area contributed by atoms with Gasteiger partial charge in [0.15, 0.2) is 0 Å². The molecule has 0 aromatic heterocycles. The summed E-state index contributed by atoms with van der Waals surface area (Å²) in [7, 11) is 0. The molecule has 0 saturated heterocycles. The Bertz CT molecular complexity index is 222. The zero-order chi connectivity index (χ0) is 8.10. The Morgan fingerprint density at radius 3 is 2.36 bits per heavy atom. The van der Waals surface area contributed by atoms with Crippen molar-refractivity contribution in [3.63, 3.8) is 0 Å². The Morgan fingerprint density at radius 1 is 1.45 bits per heavy atom. The molecule has 0 spiro atoms. The fourth-order valence-electron chi connectivity index (χ4n) is 0.839. The molecule has 1 heterocycles. The van der Waals surface area contributed by atoms with Crippen molar-refractivity contribution in [3.8, 4) is 5.75 Å². The van der Waals surface area contributed by atoms with Gasteiger partial charge in [-0.3, -0.25) is 4.79 Å². The standard InChI is InChI=1S/C7H6O.CH2O2/c1-2-4-7-6(3-1)5-8-7;2-1-3/h1-4H,5H2;1H,(H,2,3). The Kier molecular flexibility index (Phi) is 2.49. The summed E-state index contributed by atoms with van der Waals surface area (Å²) in [4.78, 5) is 8.36. The van der Waals surface area contributed by atoms with E-state index in [0.29, 0.717) is 0 Å². The number of hydrogen-bond acceptors (Lipinski definition) is 2. The minimum Gasteiger partial charge on any atom is -0.488 e. The van der Waals surface area contributed by atoms with Gasteiger partial charge in [-0.1, -0.05) is 18.2 Å². The van der Waals surface area contributed by atoms with Gasteiger partial charge in [-0.15, -0.1) is 0 Å². The van der Waals surface area contributed by atoms with Gasteiger partial charge in [0.05, 0.1) is 0 Å². The summed E-state index contributed by atoms with van der Waals surface area (Å²) in [6, 6.07) is 8.08. The van der Waals surface area contributed by atoms with Crippen molar-refractivity contribution in [2.45, 2.75) is 6.61 Å². The summed E-state index contributed by atoms with van der Waals surface area (Å²) < 4.78 is 5.08. The molecule has 0 unspecified atom stereocenters. The average Bonchev–Trinajstić information content (AvgIpc) is 1.94. The first-order chi connectivity index (χ1) is 5.38. The maximum absolute atomic E-state index is 8.36. The molecule has 0 atom stereocenters. The molecule has 0 bridgehead atoms. The monoisotopic (exact) mass is 152 g/mol. The van der Waals surface area contributed by atoms with E-state index in [1.165, 1.54) is 5.56 Å². The topological polar surface area (TPSA) is 46.5 Å². The second-order valence-corrected chi connectivity index (χ2v) is 2.00. The molecule has 3 heteroatoms. The average molecular weight is 152 g/mol. The van der Waals surface area contributed by atoms with Gasteiger partial charge in [0.1, 0.15) is 12.4 Å². The van der Waals surface area contributed by atoms with Crippen LogP contribution in [-0.2, 0) is 11.4 Å². The zero-order valence-electron chi connectivity index (χ0n) is 5.86. The lowest BCUT2D eigenvalue weighted by Gasteiger charge is -2.18. The first kappa shape index (κ1) is 7.60. The summed E-state index contributed by atoms with van der Waals surface area (Å²) in [6.07, 6.45) is 0. The van der Waals surface area contributed by atoms with Crippen LogP contribution in [0.3, 0.4) is 0 Å². The van der Waals surface area contributed by atoms with Crippen molar-refractivity contribution in [3.05, 3.63) is 29.8 Å². The third-order valence-corrected chi connectivity index (χ3v) is 1.36. The number of carboxylic acid groups (broad SMARTS) is 1. The summed E-state index contributed by atoms with van der Waals surface area (Å²) >= 11 is 0. The first-order valence-electron chi connectivity index (χ1n) is 3.17. The van der Waals surface area contributed by atoms with Crippen LogP contribution in [0.25, 0.3) is 0 Å². The lowest BCUT2D eigenvalue weighted by Crippen LogP contribution is -2.07. The van der Waals surface area contributed by atoms with Crippen LogP contribution in [-0.4, -0.2) is 11.6 Å². The fraction of sp³-hybridized carbons (Fsp3) is 0.125. The van der Waals surface area contributed by atoms with Crippen LogP contribution >= 0.6 is 0 Å². The van der Waals surface area contributed by atoms with Crippen LogP contribution in [0.15, 0.2) is 24.3 Å². The number of para-hydroxylation sites is 1. The third kappa shape index (κ3) is 1.70. The second kappa shape index (κ2) is 3.61. The lowest BCUT2D eigenvalue weighted by molar-refractivity contribution is -0.122. The van der Waals surface area contributed by atoms with Gasteiger partial charge in [-0.25, -0.2) is 0 Å². The van der Waals surface area contributed by atoms with E-state index in [0.717, 1.165) is 12.4 Å². The van der Waals surface area contributed by atoms with Crippen LogP contribution < -0.4 is 4.74 Å². The largest absolute Gasteiger partial charge is 0.488 e. The molecule has 0 radical (unpaired) electrons. The van der Waals surface area contributed by atoms with E-state index in [1.807, 2.05) is 18.2 Å². The highest BCUT2D eigenvalue weighted by atomic mass is 16.5. The van der Waals surface area contributed by atoms with E-state index in [9.17, 15) is 0 Å². The zero-order valence-corrected chi connectivity index (χ0v) is 5.86. The van der Waals surface area contributed by atoms with Crippen molar-refractivity contribution in [2.24, 2.45) is 0 Å². The maximum Gasteiger partial charge on any atom is 0.290 e.